The molecule has 1 heterocycles. The van der Waals surface area contributed by atoms with Crippen molar-refractivity contribution >= 4 is 12.2 Å². The van der Waals surface area contributed by atoms with E-state index in [4.69, 9.17) is 0 Å². The molecule has 1 aromatic heterocycles. The van der Waals surface area contributed by atoms with Crippen LogP contribution in [0.2, 0.25) is 0 Å². The molecule has 0 saturated heterocycles. The molecule has 0 bridgehead atoms. The van der Waals surface area contributed by atoms with E-state index in [0.29, 0.717) is 5.95 Å². The smallest absolute Gasteiger partial charge is 0.219 e. The molecule has 0 spiro atoms. The Balaban J connectivity index is 2.24. The first-order valence-corrected chi connectivity index (χ1v) is 5.15. The lowest BCUT2D eigenvalue weighted by Crippen LogP contribution is -1.89. The second-order valence-corrected chi connectivity index (χ2v) is 3.62. The summed E-state index contributed by atoms with van der Waals surface area (Å²) in [5, 5.41) is 0. The van der Waals surface area contributed by atoms with Crippen molar-refractivity contribution in [3.8, 4) is 0 Å². The highest BCUT2D eigenvalue weighted by Gasteiger charge is 1.95. The van der Waals surface area contributed by atoms with Crippen LogP contribution in [-0.4, -0.2) is 16.2 Å². The molecule has 0 unspecified atom stereocenters. The summed E-state index contributed by atoms with van der Waals surface area (Å²) in [6.45, 7) is 3.88. The molecule has 0 N–H and O–H groups in total. The Kier molecular flexibility index (Phi) is 3.05. The molecule has 3 nitrogen and oxygen atoms in total. The number of rotatable bonds is 2. The zero-order chi connectivity index (χ0) is 11.4. The average molecular weight is 211 g/mol. The fourth-order valence-electron chi connectivity index (χ4n) is 1.44. The minimum Gasteiger partial charge on any atom is -0.219 e. The molecule has 0 fully saturated rings. The summed E-state index contributed by atoms with van der Waals surface area (Å²) in [4.78, 5) is 12.7. The SMILES string of the molecule is Cc1cc(C)nc(N=Cc2ccccc2)n1. The van der Waals surface area contributed by atoms with Crippen LogP contribution in [0.1, 0.15) is 17.0 Å². The number of hydrogen-bond acceptors (Lipinski definition) is 3. The van der Waals surface area contributed by atoms with Crippen LogP contribution in [0.5, 0.6) is 0 Å². The average Bonchev–Trinajstić information content (AvgIpc) is 2.27. The Hall–Kier alpha value is -2.03. The predicted octanol–water partition coefficient (Wildman–Crippen LogP) is 2.84. The van der Waals surface area contributed by atoms with Crippen LogP contribution in [-0.2, 0) is 0 Å². The summed E-state index contributed by atoms with van der Waals surface area (Å²) in [6.07, 6.45) is 1.77. The van der Waals surface area contributed by atoms with E-state index < -0.39 is 0 Å². The number of nitrogens with zero attached hydrogens (tertiary/aromatic N) is 3. The summed E-state index contributed by atoms with van der Waals surface area (Å²) in [7, 11) is 0. The first-order valence-electron chi connectivity index (χ1n) is 5.15. The molecule has 16 heavy (non-hydrogen) atoms. The normalized spacial score (nSPS) is 10.9. The van der Waals surface area contributed by atoms with Crippen molar-refractivity contribution in [1.29, 1.82) is 0 Å². The third-order valence-corrected chi connectivity index (χ3v) is 2.10. The molecule has 3 heteroatoms. The Bertz CT molecular complexity index is 484. The van der Waals surface area contributed by atoms with Crippen LogP contribution in [0.4, 0.5) is 5.95 Å². The van der Waals surface area contributed by atoms with Crippen LogP contribution in [0.15, 0.2) is 41.4 Å². The van der Waals surface area contributed by atoms with Crippen LogP contribution in [0, 0.1) is 13.8 Å². The Morgan fingerprint density at radius 1 is 1.00 bits per heavy atom. The molecule has 2 rings (SSSR count). The van der Waals surface area contributed by atoms with Gasteiger partial charge in [-0.05, 0) is 25.5 Å². The van der Waals surface area contributed by atoms with Crippen molar-refractivity contribution in [2.24, 2.45) is 4.99 Å². The lowest BCUT2D eigenvalue weighted by molar-refractivity contribution is 1.04. The highest BCUT2D eigenvalue weighted by molar-refractivity contribution is 5.80. The van der Waals surface area contributed by atoms with Gasteiger partial charge in [0.2, 0.25) is 5.95 Å². The second-order valence-electron chi connectivity index (χ2n) is 3.62. The van der Waals surface area contributed by atoms with Gasteiger partial charge in [0, 0.05) is 17.6 Å². The quantitative estimate of drug-likeness (QED) is 0.716. The zero-order valence-corrected chi connectivity index (χ0v) is 9.38. The maximum absolute atomic E-state index is 4.25. The minimum absolute atomic E-state index is 0.515. The number of hydrogen-bond donors (Lipinski definition) is 0. The lowest BCUT2D eigenvalue weighted by atomic mass is 10.2. The summed E-state index contributed by atoms with van der Waals surface area (Å²) in [5.41, 5.74) is 2.92. The van der Waals surface area contributed by atoms with Crippen molar-refractivity contribution in [1.82, 2.24) is 9.97 Å². The van der Waals surface area contributed by atoms with Gasteiger partial charge >= 0.3 is 0 Å². The first kappa shape index (κ1) is 10.5. The summed E-state index contributed by atoms with van der Waals surface area (Å²) in [5.74, 6) is 0.515. The first-order chi connectivity index (χ1) is 7.74. The van der Waals surface area contributed by atoms with E-state index in [2.05, 4.69) is 15.0 Å². The van der Waals surface area contributed by atoms with Gasteiger partial charge in [-0.3, -0.25) is 0 Å². The van der Waals surface area contributed by atoms with Gasteiger partial charge in [-0.2, -0.15) is 0 Å². The highest BCUT2D eigenvalue weighted by atomic mass is 15.0. The fourth-order valence-corrected chi connectivity index (χ4v) is 1.44. The predicted molar refractivity (Wildman–Crippen MR) is 65.2 cm³/mol. The Labute approximate surface area is 94.9 Å². The minimum atomic E-state index is 0.515. The van der Waals surface area contributed by atoms with Crippen LogP contribution >= 0.6 is 0 Å². The molecule has 0 aliphatic carbocycles. The standard InChI is InChI=1S/C13H13N3/c1-10-8-11(2)16-13(15-10)14-9-12-6-4-3-5-7-12/h3-9H,1-2H3. The van der Waals surface area contributed by atoms with E-state index in [9.17, 15) is 0 Å². The van der Waals surface area contributed by atoms with Gasteiger partial charge in [0.25, 0.3) is 0 Å². The van der Waals surface area contributed by atoms with Gasteiger partial charge < -0.3 is 0 Å². The van der Waals surface area contributed by atoms with E-state index in [1.165, 1.54) is 0 Å². The molecule has 0 aliphatic rings. The number of aliphatic imine (C=N–C) groups is 1. The van der Waals surface area contributed by atoms with E-state index in [-0.39, 0.29) is 0 Å². The molecular formula is C13H13N3. The van der Waals surface area contributed by atoms with E-state index in [1.807, 2.05) is 50.2 Å². The maximum Gasteiger partial charge on any atom is 0.249 e. The van der Waals surface area contributed by atoms with Crippen LogP contribution in [0.25, 0.3) is 0 Å². The third kappa shape index (κ3) is 2.73. The van der Waals surface area contributed by atoms with Crippen molar-refractivity contribution in [2.75, 3.05) is 0 Å². The fraction of sp³-hybridized carbons (Fsp3) is 0.154. The third-order valence-electron chi connectivity index (χ3n) is 2.10. The van der Waals surface area contributed by atoms with Crippen molar-refractivity contribution in [3.63, 3.8) is 0 Å². The molecular weight excluding hydrogens is 198 g/mol. The number of benzene rings is 1. The number of aromatic nitrogens is 2. The van der Waals surface area contributed by atoms with Crippen LogP contribution < -0.4 is 0 Å². The molecule has 0 amide bonds. The summed E-state index contributed by atoms with van der Waals surface area (Å²) >= 11 is 0. The Morgan fingerprint density at radius 3 is 2.25 bits per heavy atom. The molecule has 1 aromatic carbocycles. The van der Waals surface area contributed by atoms with Crippen LogP contribution in [0.3, 0.4) is 0 Å². The van der Waals surface area contributed by atoms with Gasteiger partial charge in [-0.25, -0.2) is 15.0 Å². The molecule has 0 atom stereocenters. The van der Waals surface area contributed by atoms with E-state index >= 15 is 0 Å². The maximum atomic E-state index is 4.25. The summed E-state index contributed by atoms with van der Waals surface area (Å²) < 4.78 is 0. The lowest BCUT2D eigenvalue weighted by Gasteiger charge is -1.97. The largest absolute Gasteiger partial charge is 0.249 e. The molecule has 80 valence electrons. The zero-order valence-electron chi connectivity index (χ0n) is 9.38. The monoisotopic (exact) mass is 211 g/mol. The topological polar surface area (TPSA) is 38.1 Å². The van der Waals surface area contributed by atoms with Gasteiger partial charge in [0.15, 0.2) is 0 Å². The highest BCUT2D eigenvalue weighted by Crippen LogP contribution is 2.07. The van der Waals surface area contributed by atoms with E-state index in [1.54, 1.807) is 6.21 Å². The molecule has 0 aliphatic heterocycles. The van der Waals surface area contributed by atoms with Gasteiger partial charge in [-0.1, -0.05) is 30.3 Å². The van der Waals surface area contributed by atoms with Gasteiger partial charge in [0.1, 0.15) is 0 Å². The molecule has 2 aromatic rings. The number of aryl methyl sites for hydroxylation is 2. The Morgan fingerprint density at radius 2 is 1.62 bits per heavy atom. The summed E-state index contributed by atoms with van der Waals surface area (Å²) in [6, 6.07) is 11.8. The van der Waals surface area contributed by atoms with Crippen molar-refractivity contribution in [2.45, 2.75) is 13.8 Å². The van der Waals surface area contributed by atoms with Gasteiger partial charge in [-0.15, -0.1) is 0 Å². The van der Waals surface area contributed by atoms with Crippen molar-refractivity contribution in [3.05, 3.63) is 53.3 Å². The van der Waals surface area contributed by atoms with Crippen molar-refractivity contribution < 1.29 is 0 Å². The molecule has 0 saturated carbocycles. The second kappa shape index (κ2) is 4.66. The van der Waals surface area contributed by atoms with Gasteiger partial charge in [0.05, 0.1) is 0 Å². The molecule has 0 radical (unpaired) electrons. The van der Waals surface area contributed by atoms with E-state index in [0.717, 1.165) is 17.0 Å².